The molecule has 0 spiro atoms. The number of aliphatic hydroxyl groups is 1. The van der Waals surface area contributed by atoms with Gasteiger partial charge in [0, 0.05) is 25.6 Å². The summed E-state index contributed by atoms with van der Waals surface area (Å²) in [6.07, 6.45) is 2.47. The molecule has 18 heavy (non-hydrogen) atoms. The summed E-state index contributed by atoms with van der Waals surface area (Å²) in [4.78, 5) is 23.8. The number of amides is 2. The predicted molar refractivity (Wildman–Crippen MR) is 66.3 cm³/mol. The van der Waals surface area contributed by atoms with Crippen molar-refractivity contribution in [2.24, 2.45) is 0 Å². The molecule has 1 fully saturated rings. The summed E-state index contributed by atoms with van der Waals surface area (Å²) < 4.78 is 0. The SMILES string of the molecule is CC(CCCC(=O)O)NC(=O)N1CCCC(O)C1. The number of carbonyl (C=O) groups is 2. The van der Waals surface area contributed by atoms with Gasteiger partial charge in [0.05, 0.1) is 6.10 Å². The highest BCUT2D eigenvalue weighted by molar-refractivity contribution is 5.74. The largest absolute Gasteiger partial charge is 0.481 e. The number of carboxylic acid groups (broad SMARTS) is 1. The highest BCUT2D eigenvalue weighted by Gasteiger charge is 2.22. The molecule has 104 valence electrons. The summed E-state index contributed by atoms with van der Waals surface area (Å²) >= 11 is 0. The summed E-state index contributed by atoms with van der Waals surface area (Å²) in [5.41, 5.74) is 0. The van der Waals surface area contributed by atoms with Crippen molar-refractivity contribution in [1.82, 2.24) is 10.2 Å². The van der Waals surface area contributed by atoms with Gasteiger partial charge < -0.3 is 20.4 Å². The molecule has 0 aromatic carbocycles. The number of rotatable bonds is 5. The van der Waals surface area contributed by atoms with E-state index >= 15 is 0 Å². The van der Waals surface area contributed by atoms with E-state index in [4.69, 9.17) is 5.11 Å². The average molecular weight is 258 g/mol. The van der Waals surface area contributed by atoms with Gasteiger partial charge in [-0.15, -0.1) is 0 Å². The Balaban J connectivity index is 2.23. The lowest BCUT2D eigenvalue weighted by molar-refractivity contribution is -0.137. The summed E-state index contributed by atoms with van der Waals surface area (Å²) in [7, 11) is 0. The first kappa shape index (κ1) is 14.8. The minimum atomic E-state index is -0.812. The summed E-state index contributed by atoms with van der Waals surface area (Å²) in [6.45, 7) is 2.92. The molecule has 2 unspecified atom stereocenters. The van der Waals surface area contributed by atoms with Crippen LogP contribution in [0, 0.1) is 0 Å². The van der Waals surface area contributed by atoms with Crippen LogP contribution in [0.3, 0.4) is 0 Å². The van der Waals surface area contributed by atoms with Gasteiger partial charge in [-0.1, -0.05) is 0 Å². The maximum atomic E-state index is 11.8. The molecule has 2 amide bonds. The van der Waals surface area contributed by atoms with E-state index in [0.29, 0.717) is 25.9 Å². The molecule has 1 aliphatic heterocycles. The lowest BCUT2D eigenvalue weighted by Gasteiger charge is -2.31. The summed E-state index contributed by atoms with van der Waals surface area (Å²) in [5, 5.41) is 20.8. The third-order valence-corrected chi connectivity index (χ3v) is 3.08. The molecule has 1 rings (SSSR count). The molecular formula is C12H22N2O4. The quantitative estimate of drug-likeness (QED) is 0.680. The lowest BCUT2D eigenvalue weighted by Crippen LogP contribution is -2.49. The maximum Gasteiger partial charge on any atom is 0.317 e. The highest BCUT2D eigenvalue weighted by Crippen LogP contribution is 2.10. The number of carboxylic acids is 1. The molecule has 0 radical (unpaired) electrons. The van der Waals surface area contributed by atoms with E-state index in [1.54, 1.807) is 4.90 Å². The molecule has 6 nitrogen and oxygen atoms in total. The molecule has 2 atom stereocenters. The standard InChI is InChI=1S/C12H22N2O4/c1-9(4-2-6-11(16)17)13-12(18)14-7-3-5-10(15)8-14/h9-10,15H,2-8H2,1H3,(H,13,18)(H,16,17). The lowest BCUT2D eigenvalue weighted by atomic mass is 10.1. The van der Waals surface area contributed by atoms with Crippen molar-refractivity contribution in [1.29, 1.82) is 0 Å². The van der Waals surface area contributed by atoms with Crippen LogP contribution in [0.4, 0.5) is 4.79 Å². The first-order chi connectivity index (χ1) is 8.49. The Bertz CT molecular complexity index is 296. The van der Waals surface area contributed by atoms with Gasteiger partial charge in [-0.3, -0.25) is 4.79 Å². The van der Waals surface area contributed by atoms with Crippen LogP contribution in [0.25, 0.3) is 0 Å². The Hall–Kier alpha value is -1.30. The number of urea groups is 1. The second-order valence-electron chi connectivity index (χ2n) is 4.88. The summed E-state index contributed by atoms with van der Waals surface area (Å²) in [5.74, 6) is -0.812. The molecule has 6 heteroatoms. The van der Waals surface area contributed by atoms with Crippen LogP contribution in [0.15, 0.2) is 0 Å². The zero-order valence-electron chi connectivity index (χ0n) is 10.8. The maximum absolute atomic E-state index is 11.8. The highest BCUT2D eigenvalue weighted by atomic mass is 16.4. The van der Waals surface area contributed by atoms with E-state index in [0.717, 1.165) is 12.8 Å². The topological polar surface area (TPSA) is 89.9 Å². The molecular weight excluding hydrogens is 236 g/mol. The molecule has 0 aliphatic carbocycles. The fourth-order valence-corrected chi connectivity index (χ4v) is 2.07. The van der Waals surface area contributed by atoms with Gasteiger partial charge in [-0.05, 0) is 32.6 Å². The second kappa shape index (κ2) is 7.20. The molecule has 1 saturated heterocycles. The predicted octanol–water partition coefficient (Wildman–Crippen LogP) is 0.796. The normalized spacial score (nSPS) is 21.4. The Kier molecular flexibility index (Phi) is 5.91. The van der Waals surface area contributed by atoms with Crippen LogP contribution in [-0.2, 0) is 4.79 Å². The number of piperidine rings is 1. The van der Waals surface area contributed by atoms with Crippen LogP contribution >= 0.6 is 0 Å². The molecule has 1 heterocycles. The van der Waals surface area contributed by atoms with Crippen LogP contribution in [0.1, 0.15) is 39.0 Å². The number of hydrogen-bond donors (Lipinski definition) is 3. The number of carbonyl (C=O) groups excluding carboxylic acids is 1. The van der Waals surface area contributed by atoms with Crippen LogP contribution in [0.2, 0.25) is 0 Å². The Morgan fingerprint density at radius 3 is 2.83 bits per heavy atom. The Labute approximate surface area is 107 Å². The average Bonchev–Trinajstić information content (AvgIpc) is 2.28. The van der Waals surface area contributed by atoms with Gasteiger partial charge in [0.15, 0.2) is 0 Å². The van der Waals surface area contributed by atoms with Crippen molar-refractivity contribution >= 4 is 12.0 Å². The van der Waals surface area contributed by atoms with Crippen molar-refractivity contribution in [2.75, 3.05) is 13.1 Å². The van der Waals surface area contributed by atoms with E-state index in [1.807, 2.05) is 6.92 Å². The summed E-state index contributed by atoms with van der Waals surface area (Å²) in [6, 6.07) is -0.215. The van der Waals surface area contributed by atoms with Crippen LogP contribution in [-0.4, -0.2) is 52.3 Å². The van der Waals surface area contributed by atoms with Crippen LogP contribution < -0.4 is 5.32 Å². The number of aliphatic hydroxyl groups excluding tert-OH is 1. The molecule has 0 aromatic rings. The van der Waals surface area contributed by atoms with E-state index in [2.05, 4.69) is 5.32 Å². The van der Waals surface area contributed by atoms with Crippen LogP contribution in [0.5, 0.6) is 0 Å². The number of hydrogen-bond acceptors (Lipinski definition) is 3. The number of nitrogens with one attached hydrogen (secondary N) is 1. The first-order valence-corrected chi connectivity index (χ1v) is 6.44. The molecule has 3 N–H and O–H groups in total. The van der Waals surface area contributed by atoms with E-state index in [9.17, 15) is 14.7 Å². The number of β-amino-alcohol motifs (C(OH)–C–C–N with tert-alkyl or cyclic N) is 1. The Morgan fingerprint density at radius 1 is 1.50 bits per heavy atom. The monoisotopic (exact) mass is 258 g/mol. The van der Waals surface area contributed by atoms with Gasteiger partial charge in [-0.25, -0.2) is 4.79 Å². The molecule has 0 bridgehead atoms. The van der Waals surface area contributed by atoms with Crippen molar-refractivity contribution in [3.8, 4) is 0 Å². The number of nitrogens with zero attached hydrogens (tertiary/aromatic N) is 1. The third kappa shape index (κ3) is 5.35. The van der Waals surface area contributed by atoms with Crippen molar-refractivity contribution in [3.63, 3.8) is 0 Å². The van der Waals surface area contributed by atoms with Gasteiger partial charge in [0.25, 0.3) is 0 Å². The van der Waals surface area contributed by atoms with Gasteiger partial charge in [-0.2, -0.15) is 0 Å². The van der Waals surface area contributed by atoms with E-state index in [-0.39, 0.29) is 18.5 Å². The molecule has 0 saturated carbocycles. The Morgan fingerprint density at radius 2 is 2.22 bits per heavy atom. The molecule has 1 aliphatic rings. The zero-order valence-corrected chi connectivity index (χ0v) is 10.8. The molecule has 0 aromatic heterocycles. The van der Waals surface area contributed by atoms with Crippen molar-refractivity contribution < 1.29 is 19.8 Å². The van der Waals surface area contributed by atoms with Gasteiger partial charge in [0.1, 0.15) is 0 Å². The zero-order chi connectivity index (χ0) is 13.5. The minimum Gasteiger partial charge on any atom is -0.481 e. The van der Waals surface area contributed by atoms with Gasteiger partial charge >= 0.3 is 12.0 Å². The third-order valence-electron chi connectivity index (χ3n) is 3.08. The van der Waals surface area contributed by atoms with Gasteiger partial charge in [0.2, 0.25) is 0 Å². The number of aliphatic carboxylic acids is 1. The second-order valence-corrected chi connectivity index (χ2v) is 4.88. The van der Waals surface area contributed by atoms with E-state index < -0.39 is 12.1 Å². The van der Waals surface area contributed by atoms with E-state index in [1.165, 1.54) is 0 Å². The minimum absolute atomic E-state index is 0.0454. The fraction of sp³-hybridized carbons (Fsp3) is 0.833. The number of likely N-dealkylation sites (tertiary alicyclic amines) is 1. The first-order valence-electron chi connectivity index (χ1n) is 6.44. The fourth-order valence-electron chi connectivity index (χ4n) is 2.07. The smallest absolute Gasteiger partial charge is 0.317 e. The van der Waals surface area contributed by atoms with Crippen molar-refractivity contribution in [3.05, 3.63) is 0 Å². The van der Waals surface area contributed by atoms with Crippen molar-refractivity contribution in [2.45, 2.75) is 51.2 Å².